The topological polar surface area (TPSA) is 218 Å². The van der Waals surface area contributed by atoms with Crippen molar-refractivity contribution in [2.24, 2.45) is 11.7 Å². The van der Waals surface area contributed by atoms with E-state index >= 15 is 0 Å². The molecule has 2 aromatic rings. The molecule has 0 aliphatic carbocycles. The number of nitro benzene ring substituents is 2. The van der Waals surface area contributed by atoms with E-state index in [-0.39, 0.29) is 19.4 Å². The first-order valence-corrected chi connectivity index (χ1v) is 14.3. The van der Waals surface area contributed by atoms with E-state index in [4.69, 9.17) is 5.73 Å². The van der Waals surface area contributed by atoms with Gasteiger partial charge in [-0.05, 0) is 43.7 Å². The number of nitrogens with two attached hydrogens (primary N) is 1. The van der Waals surface area contributed by atoms with Crippen molar-refractivity contribution >= 4 is 37.4 Å². The van der Waals surface area contributed by atoms with Gasteiger partial charge in [-0.2, -0.15) is 16.8 Å². The molecule has 16 heteroatoms. The Balaban J connectivity index is 2.99. The smallest absolute Gasteiger partial charge is 0.365 e. The summed E-state index contributed by atoms with van der Waals surface area (Å²) < 4.78 is 55.1. The van der Waals surface area contributed by atoms with Crippen molar-refractivity contribution in [2.75, 3.05) is 13.1 Å². The van der Waals surface area contributed by atoms with E-state index < -0.39 is 78.8 Å². The van der Waals surface area contributed by atoms with Gasteiger partial charge in [0.15, 0.2) is 0 Å². The highest BCUT2D eigenvalue weighted by Crippen LogP contribution is 2.40. The summed E-state index contributed by atoms with van der Waals surface area (Å²) in [5.41, 5.74) is 4.60. The molecule has 0 fully saturated rings. The molecule has 0 aliphatic rings. The molecule has 0 heterocycles. The van der Waals surface area contributed by atoms with Crippen molar-refractivity contribution in [1.82, 2.24) is 0 Å². The normalized spacial score (nSPS) is 13.3. The molecule has 0 aliphatic heterocycles. The van der Waals surface area contributed by atoms with Crippen LogP contribution in [0.25, 0.3) is 0 Å². The molecular formula is C22H29N4O10S2+. The van der Waals surface area contributed by atoms with E-state index in [0.29, 0.717) is 6.42 Å². The van der Waals surface area contributed by atoms with E-state index in [1.54, 1.807) is 0 Å². The van der Waals surface area contributed by atoms with Crippen LogP contribution < -0.4 is 5.73 Å². The van der Waals surface area contributed by atoms with Crippen LogP contribution in [0, 0.1) is 26.1 Å². The molecule has 14 nitrogen and oxygen atoms in total. The number of hydrogen-bond acceptors (Lipinski definition) is 10. The Bertz CT molecular complexity index is 1300. The van der Waals surface area contributed by atoms with Crippen LogP contribution >= 0.6 is 0 Å². The maximum absolute atomic E-state index is 14.3. The Morgan fingerprint density at radius 3 is 1.55 bits per heavy atom. The lowest BCUT2D eigenvalue weighted by Crippen LogP contribution is -2.65. The van der Waals surface area contributed by atoms with Crippen molar-refractivity contribution in [3.8, 4) is 0 Å². The number of sulfonamides is 2. The first-order chi connectivity index (χ1) is 17.6. The van der Waals surface area contributed by atoms with Gasteiger partial charge in [0, 0.05) is 36.6 Å². The zero-order valence-corrected chi connectivity index (χ0v) is 22.3. The predicted octanol–water partition coefficient (Wildman–Crippen LogP) is 2.64. The van der Waals surface area contributed by atoms with E-state index in [1.165, 1.54) is 13.8 Å². The molecule has 2 rings (SSSR count). The van der Waals surface area contributed by atoms with Crippen molar-refractivity contribution in [3.63, 3.8) is 0 Å². The van der Waals surface area contributed by atoms with E-state index in [2.05, 4.69) is 0 Å². The van der Waals surface area contributed by atoms with Crippen molar-refractivity contribution < 1.29 is 39.9 Å². The number of carboxylic acids is 1. The summed E-state index contributed by atoms with van der Waals surface area (Å²) in [5.74, 6) is -2.37. The largest absolute Gasteiger partial charge is 0.477 e. The Kier molecular flexibility index (Phi) is 9.66. The molecule has 2 aromatic carbocycles. The fourth-order valence-corrected chi connectivity index (χ4v) is 9.38. The van der Waals surface area contributed by atoms with Crippen LogP contribution in [0.3, 0.4) is 0 Å². The van der Waals surface area contributed by atoms with Crippen LogP contribution in [0.4, 0.5) is 11.4 Å². The number of hydrogen-bond donors (Lipinski definition) is 2. The van der Waals surface area contributed by atoms with Gasteiger partial charge in [-0.1, -0.05) is 17.1 Å². The predicted molar refractivity (Wildman–Crippen MR) is 135 cm³/mol. The Morgan fingerprint density at radius 2 is 1.26 bits per heavy atom. The molecule has 3 N–H and O–H groups in total. The van der Waals surface area contributed by atoms with Gasteiger partial charge in [0.2, 0.25) is 6.04 Å². The second-order valence-electron chi connectivity index (χ2n) is 8.89. The first-order valence-electron chi connectivity index (χ1n) is 11.4. The molecule has 0 unspecified atom stereocenters. The highest BCUT2D eigenvalue weighted by molar-refractivity contribution is 7.98. The Hall–Kier alpha value is -3.47. The number of nitrogens with zero attached hydrogens (tertiary/aromatic N) is 3. The maximum Gasteiger partial charge on any atom is 0.365 e. The SMILES string of the molecule is CC(C)C[N+]([C@@H](CCCCN)C(=O)O)(S(=O)(=O)c1ccc([N+](=O)[O-])cc1)S(=O)(=O)c1ccc([N+](=O)[O-])cc1. The van der Waals surface area contributed by atoms with Gasteiger partial charge in [-0.15, -0.1) is 0 Å². The molecule has 0 saturated carbocycles. The number of quaternary nitrogens is 1. The van der Waals surface area contributed by atoms with Crippen molar-refractivity contribution in [3.05, 3.63) is 68.8 Å². The number of unbranched alkanes of at least 4 members (excludes halogenated alkanes) is 1. The monoisotopic (exact) mass is 573 g/mol. The number of rotatable bonds is 14. The maximum atomic E-state index is 14.3. The van der Waals surface area contributed by atoms with E-state index in [1.807, 2.05) is 0 Å². The summed E-state index contributed by atoms with van der Waals surface area (Å²) in [6.07, 6.45) is 0.00934. The summed E-state index contributed by atoms with van der Waals surface area (Å²) in [7, 11) is -10.3. The average molecular weight is 574 g/mol. The molecule has 0 saturated heterocycles. The summed E-state index contributed by atoms with van der Waals surface area (Å²) in [4.78, 5) is 32.0. The van der Waals surface area contributed by atoms with Crippen molar-refractivity contribution in [1.29, 1.82) is 0 Å². The van der Waals surface area contributed by atoms with Gasteiger partial charge in [0.05, 0.1) is 9.85 Å². The Labute approximate surface area is 219 Å². The van der Waals surface area contributed by atoms with Crippen LogP contribution in [0.15, 0.2) is 58.3 Å². The molecule has 38 heavy (non-hydrogen) atoms. The van der Waals surface area contributed by atoms with Gasteiger partial charge in [0.1, 0.15) is 16.3 Å². The fourth-order valence-electron chi connectivity index (χ4n) is 4.10. The van der Waals surface area contributed by atoms with Crippen LogP contribution in [0.1, 0.15) is 33.1 Å². The molecule has 0 aromatic heterocycles. The zero-order valence-electron chi connectivity index (χ0n) is 20.7. The molecule has 0 bridgehead atoms. The summed E-state index contributed by atoms with van der Waals surface area (Å²) >= 11 is 0. The number of carboxylic acid groups (broad SMARTS) is 1. The molecule has 0 spiro atoms. The average Bonchev–Trinajstić information content (AvgIpc) is 2.85. The second kappa shape index (κ2) is 11.9. The van der Waals surface area contributed by atoms with Crippen LogP contribution in [0.2, 0.25) is 0 Å². The molecule has 208 valence electrons. The van der Waals surface area contributed by atoms with Gasteiger partial charge in [0.25, 0.3) is 11.4 Å². The number of benzene rings is 2. The third kappa shape index (κ3) is 5.82. The number of non-ortho nitro benzene ring substituents is 2. The van der Waals surface area contributed by atoms with Gasteiger partial charge in [-0.3, -0.25) is 20.2 Å². The van der Waals surface area contributed by atoms with E-state index in [9.17, 15) is 47.0 Å². The standard InChI is InChI=1S/C22H28N4O10S2/c1-16(2)15-26(21(22(27)28)5-3-4-14-23,37(33,34)19-10-6-17(7-11-19)24(29)30)38(35,36)20-12-8-18(9-13-20)25(31)32/h6-13,16,21H,3-5,14-15,23H2,1-2H3/p+1/t21-/m0/s1. The Morgan fingerprint density at radius 1 is 0.868 bits per heavy atom. The number of aliphatic carboxylic acids is 1. The molecular weight excluding hydrogens is 544 g/mol. The minimum atomic E-state index is -5.13. The lowest BCUT2D eigenvalue weighted by atomic mass is 10.1. The quantitative estimate of drug-likeness (QED) is 0.145. The fraction of sp³-hybridized carbons (Fsp3) is 0.409. The van der Waals surface area contributed by atoms with Crippen LogP contribution in [-0.4, -0.2) is 60.2 Å². The lowest BCUT2D eigenvalue weighted by Gasteiger charge is -2.40. The molecule has 0 amide bonds. The third-order valence-corrected chi connectivity index (χ3v) is 11.2. The molecule has 0 radical (unpaired) electrons. The third-order valence-electron chi connectivity index (χ3n) is 5.82. The van der Waals surface area contributed by atoms with Gasteiger partial charge < -0.3 is 10.8 Å². The minimum absolute atomic E-state index is 0.0944. The van der Waals surface area contributed by atoms with Gasteiger partial charge >= 0.3 is 26.0 Å². The summed E-state index contributed by atoms with van der Waals surface area (Å²) in [5, 5.41) is 32.4. The summed E-state index contributed by atoms with van der Waals surface area (Å²) in [6.45, 7) is 2.49. The van der Waals surface area contributed by atoms with Crippen molar-refractivity contribution in [2.45, 2.75) is 48.9 Å². The number of nitro groups is 2. The van der Waals surface area contributed by atoms with Crippen LogP contribution in [-0.2, 0) is 24.8 Å². The lowest BCUT2D eigenvalue weighted by molar-refractivity contribution is -0.700. The first kappa shape index (κ1) is 30.8. The second-order valence-corrected chi connectivity index (χ2v) is 13.3. The number of carbonyl (C=O) groups is 1. The van der Waals surface area contributed by atoms with Gasteiger partial charge in [-0.25, -0.2) is 4.79 Å². The highest BCUT2D eigenvalue weighted by Gasteiger charge is 2.62. The molecule has 1 atom stereocenters. The minimum Gasteiger partial charge on any atom is -0.477 e. The zero-order chi connectivity index (χ0) is 28.9. The van der Waals surface area contributed by atoms with E-state index in [0.717, 1.165) is 48.5 Å². The highest BCUT2D eigenvalue weighted by atomic mass is 32.3. The van der Waals surface area contributed by atoms with Crippen LogP contribution in [0.5, 0.6) is 0 Å². The summed E-state index contributed by atoms with van der Waals surface area (Å²) in [6, 6.07) is 4.88.